The summed E-state index contributed by atoms with van der Waals surface area (Å²) >= 11 is 1.84. The largest absolute Gasteiger partial charge is 0.379 e. The van der Waals surface area contributed by atoms with Gasteiger partial charge in [-0.25, -0.2) is 9.67 Å². The van der Waals surface area contributed by atoms with Crippen LogP contribution in [0.1, 0.15) is 42.3 Å². The van der Waals surface area contributed by atoms with Crippen LogP contribution in [0.25, 0.3) is 10.7 Å². The van der Waals surface area contributed by atoms with Crippen molar-refractivity contribution < 1.29 is 4.74 Å². The van der Waals surface area contributed by atoms with E-state index in [2.05, 4.69) is 15.2 Å². The van der Waals surface area contributed by atoms with Gasteiger partial charge in [0.05, 0.1) is 17.5 Å². The predicted octanol–water partition coefficient (Wildman–Crippen LogP) is 3.16. The van der Waals surface area contributed by atoms with Crippen molar-refractivity contribution in [1.82, 2.24) is 14.8 Å². The molecule has 0 spiro atoms. The van der Waals surface area contributed by atoms with Gasteiger partial charge in [-0.05, 0) is 55.5 Å². The Morgan fingerprint density at radius 1 is 1.35 bits per heavy atom. The summed E-state index contributed by atoms with van der Waals surface area (Å²) in [5.41, 5.74) is 3.06. The van der Waals surface area contributed by atoms with Gasteiger partial charge in [0.1, 0.15) is 5.82 Å². The minimum Gasteiger partial charge on any atom is -0.379 e. The fourth-order valence-corrected chi connectivity index (χ4v) is 4.40. The van der Waals surface area contributed by atoms with E-state index in [1.165, 1.54) is 41.7 Å². The summed E-state index contributed by atoms with van der Waals surface area (Å²) in [6, 6.07) is 0.354. The lowest BCUT2D eigenvalue weighted by Crippen LogP contribution is -2.12. The van der Waals surface area contributed by atoms with E-state index in [9.17, 15) is 0 Å². The van der Waals surface area contributed by atoms with E-state index in [-0.39, 0.29) is 0 Å². The van der Waals surface area contributed by atoms with Crippen molar-refractivity contribution in [3.05, 3.63) is 22.3 Å². The van der Waals surface area contributed by atoms with Crippen LogP contribution < -0.4 is 0 Å². The summed E-state index contributed by atoms with van der Waals surface area (Å²) in [5, 5.41) is 6.95. The maximum Gasteiger partial charge on any atom is 0.169 e. The van der Waals surface area contributed by atoms with Gasteiger partial charge in [-0.1, -0.05) is 0 Å². The van der Waals surface area contributed by atoms with Crippen LogP contribution in [-0.2, 0) is 17.6 Å². The Morgan fingerprint density at radius 3 is 3.10 bits per heavy atom. The number of hydrogen-bond donors (Lipinski definition) is 0. The second kappa shape index (κ2) is 4.97. The van der Waals surface area contributed by atoms with Crippen molar-refractivity contribution in [2.24, 2.45) is 0 Å². The maximum atomic E-state index is 5.52. The molecule has 4 rings (SSSR count). The van der Waals surface area contributed by atoms with Crippen molar-refractivity contribution in [2.75, 3.05) is 13.2 Å². The minimum absolute atomic E-state index is 0.354. The van der Waals surface area contributed by atoms with Gasteiger partial charge in [0.2, 0.25) is 0 Å². The first-order valence-corrected chi connectivity index (χ1v) is 8.31. The van der Waals surface area contributed by atoms with E-state index in [0.717, 1.165) is 31.3 Å². The van der Waals surface area contributed by atoms with E-state index >= 15 is 0 Å². The summed E-state index contributed by atoms with van der Waals surface area (Å²) in [5.74, 6) is 1.93. The first-order valence-electron chi connectivity index (χ1n) is 7.43. The molecule has 1 atom stereocenters. The Balaban J connectivity index is 1.80. The van der Waals surface area contributed by atoms with E-state index in [1.54, 1.807) is 0 Å². The number of hydrogen-bond acceptors (Lipinski definition) is 4. The SMILES string of the molecule is Cc1nc(-c2scc3c2CCCC3)n(C2CCOC2)n1. The molecule has 0 aromatic carbocycles. The molecule has 0 N–H and O–H groups in total. The highest BCUT2D eigenvalue weighted by Gasteiger charge is 2.26. The topological polar surface area (TPSA) is 39.9 Å². The maximum absolute atomic E-state index is 5.52. The fourth-order valence-electron chi connectivity index (χ4n) is 3.26. The number of fused-ring (bicyclic) bond motifs is 1. The van der Waals surface area contributed by atoms with Crippen LogP contribution in [0.3, 0.4) is 0 Å². The molecule has 20 heavy (non-hydrogen) atoms. The Labute approximate surface area is 122 Å². The molecule has 1 aliphatic carbocycles. The summed E-state index contributed by atoms with van der Waals surface area (Å²) < 4.78 is 7.63. The number of thiophene rings is 1. The highest BCUT2D eigenvalue weighted by molar-refractivity contribution is 7.13. The summed E-state index contributed by atoms with van der Waals surface area (Å²) in [4.78, 5) is 6.05. The predicted molar refractivity (Wildman–Crippen MR) is 79.2 cm³/mol. The van der Waals surface area contributed by atoms with Gasteiger partial charge < -0.3 is 4.74 Å². The molecule has 5 heteroatoms. The van der Waals surface area contributed by atoms with E-state index in [1.807, 2.05) is 18.3 Å². The average Bonchev–Trinajstić information content (AvgIpc) is 3.16. The molecule has 0 saturated carbocycles. The van der Waals surface area contributed by atoms with Gasteiger partial charge in [0.25, 0.3) is 0 Å². The number of aryl methyl sites for hydroxylation is 2. The zero-order valence-electron chi connectivity index (χ0n) is 11.8. The van der Waals surface area contributed by atoms with Crippen LogP contribution in [0, 0.1) is 6.92 Å². The molecule has 3 heterocycles. The van der Waals surface area contributed by atoms with E-state index in [0.29, 0.717) is 6.04 Å². The first-order chi connectivity index (χ1) is 9.83. The van der Waals surface area contributed by atoms with Crippen LogP contribution >= 0.6 is 11.3 Å². The molecule has 2 aliphatic rings. The highest BCUT2D eigenvalue weighted by atomic mass is 32.1. The lowest BCUT2D eigenvalue weighted by atomic mass is 9.94. The van der Waals surface area contributed by atoms with E-state index < -0.39 is 0 Å². The van der Waals surface area contributed by atoms with Crippen molar-refractivity contribution in [3.8, 4) is 10.7 Å². The minimum atomic E-state index is 0.354. The monoisotopic (exact) mass is 289 g/mol. The van der Waals surface area contributed by atoms with Gasteiger partial charge in [-0.2, -0.15) is 5.10 Å². The normalized spacial score (nSPS) is 22.1. The lowest BCUT2D eigenvalue weighted by Gasteiger charge is -2.15. The molecule has 0 radical (unpaired) electrons. The molecule has 2 aromatic rings. The van der Waals surface area contributed by atoms with Crippen LogP contribution in [0.2, 0.25) is 0 Å². The molecule has 1 unspecified atom stereocenters. The van der Waals surface area contributed by atoms with Crippen LogP contribution in [0.5, 0.6) is 0 Å². The summed E-state index contributed by atoms with van der Waals surface area (Å²) in [7, 11) is 0. The standard InChI is InChI=1S/C15H19N3OS/c1-10-16-15(18(17-10)12-6-7-19-8-12)14-13-5-3-2-4-11(13)9-20-14/h9,12H,2-8H2,1H3. The van der Waals surface area contributed by atoms with Crippen molar-refractivity contribution in [2.45, 2.75) is 45.1 Å². The third kappa shape index (κ3) is 2.00. The Bertz CT molecular complexity index is 625. The Kier molecular flexibility index (Phi) is 3.11. The lowest BCUT2D eigenvalue weighted by molar-refractivity contribution is 0.184. The number of rotatable bonds is 2. The van der Waals surface area contributed by atoms with Gasteiger partial charge in [0.15, 0.2) is 5.82 Å². The molecular weight excluding hydrogens is 270 g/mol. The zero-order valence-corrected chi connectivity index (χ0v) is 12.6. The number of nitrogens with zero attached hydrogens (tertiary/aromatic N) is 3. The van der Waals surface area contributed by atoms with Gasteiger partial charge in [0, 0.05) is 6.61 Å². The van der Waals surface area contributed by atoms with Crippen molar-refractivity contribution in [3.63, 3.8) is 0 Å². The van der Waals surface area contributed by atoms with Crippen molar-refractivity contribution in [1.29, 1.82) is 0 Å². The molecular formula is C15H19N3OS. The average molecular weight is 289 g/mol. The summed E-state index contributed by atoms with van der Waals surface area (Å²) in [6.07, 6.45) is 6.10. The fraction of sp³-hybridized carbons (Fsp3) is 0.600. The van der Waals surface area contributed by atoms with Crippen LogP contribution in [0.4, 0.5) is 0 Å². The zero-order chi connectivity index (χ0) is 13.5. The van der Waals surface area contributed by atoms with Gasteiger partial charge in [-0.3, -0.25) is 0 Å². The van der Waals surface area contributed by atoms with Crippen LogP contribution in [-0.4, -0.2) is 28.0 Å². The molecule has 4 nitrogen and oxygen atoms in total. The molecule has 0 amide bonds. The molecule has 0 bridgehead atoms. The molecule has 106 valence electrons. The van der Waals surface area contributed by atoms with Crippen molar-refractivity contribution >= 4 is 11.3 Å². The molecule has 1 aliphatic heterocycles. The quantitative estimate of drug-likeness (QED) is 0.852. The van der Waals surface area contributed by atoms with Crippen LogP contribution in [0.15, 0.2) is 5.38 Å². The number of aromatic nitrogens is 3. The smallest absolute Gasteiger partial charge is 0.169 e. The van der Waals surface area contributed by atoms with Gasteiger partial charge >= 0.3 is 0 Å². The first kappa shape index (κ1) is 12.5. The molecule has 1 fully saturated rings. The molecule has 1 saturated heterocycles. The third-order valence-corrected chi connectivity index (χ3v) is 5.36. The highest BCUT2D eigenvalue weighted by Crippen LogP contribution is 2.37. The third-order valence-electron chi connectivity index (χ3n) is 4.30. The van der Waals surface area contributed by atoms with Gasteiger partial charge in [-0.15, -0.1) is 11.3 Å². The van der Waals surface area contributed by atoms with E-state index in [4.69, 9.17) is 9.72 Å². The second-order valence-corrected chi connectivity index (χ2v) is 6.60. The Hall–Kier alpha value is -1.20. The summed E-state index contributed by atoms with van der Waals surface area (Å²) in [6.45, 7) is 3.59. The Morgan fingerprint density at radius 2 is 2.25 bits per heavy atom. The number of ether oxygens (including phenoxy) is 1. The molecule has 2 aromatic heterocycles. The second-order valence-electron chi connectivity index (χ2n) is 5.72.